The molecule has 3 heterocycles. The topological polar surface area (TPSA) is 123 Å². The summed E-state index contributed by atoms with van der Waals surface area (Å²) in [4.78, 5) is 49.7. The van der Waals surface area contributed by atoms with Crippen molar-refractivity contribution in [1.82, 2.24) is 15.1 Å². The monoisotopic (exact) mass is 573 g/mol. The molecule has 5 rings (SSSR count). The minimum absolute atomic E-state index is 0.0228. The first-order chi connectivity index (χ1) is 20.2. The molecule has 0 aliphatic carbocycles. The van der Waals surface area contributed by atoms with Crippen LogP contribution in [0.3, 0.4) is 0 Å². The van der Waals surface area contributed by atoms with Gasteiger partial charge in [-0.1, -0.05) is 0 Å². The molecule has 2 aliphatic heterocycles. The second kappa shape index (κ2) is 13.0. The first kappa shape index (κ1) is 29.0. The van der Waals surface area contributed by atoms with E-state index in [0.717, 1.165) is 61.2 Å². The average Bonchev–Trinajstić information content (AvgIpc) is 3.59. The molecule has 0 spiro atoms. The Hall–Kier alpha value is -4.54. The van der Waals surface area contributed by atoms with Crippen molar-refractivity contribution in [2.24, 2.45) is 4.99 Å². The first-order valence-electron chi connectivity index (χ1n) is 14.5. The number of carbonyl (C=O) groups excluding carboxylic acids is 3. The molecular formula is C31H39N7O4. The molecule has 11 nitrogen and oxygen atoms in total. The fourth-order valence-corrected chi connectivity index (χ4v) is 5.35. The predicted molar refractivity (Wildman–Crippen MR) is 165 cm³/mol. The number of fused-ring (bicyclic) bond motifs is 1. The summed E-state index contributed by atoms with van der Waals surface area (Å²) in [6.45, 7) is 3.94. The lowest BCUT2D eigenvalue weighted by Gasteiger charge is -2.25. The fourth-order valence-electron chi connectivity index (χ4n) is 5.35. The number of aliphatic imine (C=N–C) groups is 1. The molecule has 3 aromatic rings. The number of carbonyl (C=O) groups is 3. The van der Waals surface area contributed by atoms with Crippen molar-refractivity contribution in [3.05, 3.63) is 54.3 Å². The van der Waals surface area contributed by atoms with E-state index in [1.54, 1.807) is 4.90 Å². The zero-order chi connectivity index (χ0) is 29.6. The van der Waals surface area contributed by atoms with E-state index in [1.807, 2.05) is 79.3 Å². The Labute approximate surface area is 245 Å². The molecule has 4 amide bonds. The second-order valence-corrected chi connectivity index (χ2v) is 11.1. The summed E-state index contributed by atoms with van der Waals surface area (Å²) in [7, 11) is 3.90. The number of aryl methyl sites for hydroxylation is 1. The van der Waals surface area contributed by atoms with E-state index in [-0.39, 0.29) is 24.3 Å². The van der Waals surface area contributed by atoms with Crippen molar-refractivity contribution in [3.8, 4) is 0 Å². The largest absolute Gasteiger partial charge is 0.461 e. The highest BCUT2D eigenvalue weighted by atomic mass is 16.3. The van der Waals surface area contributed by atoms with Crippen molar-refractivity contribution in [3.63, 3.8) is 0 Å². The second-order valence-electron chi connectivity index (χ2n) is 11.1. The third-order valence-electron chi connectivity index (χ3n) is 7.60. The highest BCUT2D eigenvalue weighted by molar-refractivity contribution is 6.08. The van der Waals surface area contributed by atoms with Gasteiger partial charge in [-0.2, -0.15) is 0 Å². The summed E-state index contributed by atoms with van der Waals surface area (Å²) in [6, 6.07) is 13.7. The average molecular weight is 574 g/mol. The van der Waals surface area contributed by atoms with Crippen LogP contribution in [-0.4, -0.2) is 79.9 Å². The normalized spacial score (nSPS) is 17.7. The van der Waals surface area contributed by atoms with Crippen LogP contribution in [0.2, 0.25) is 0 Å². The van der Waals surface area contributed by atoms with Crippen LogP contribution in [0.25, 0.3) is 11.0 Å². The smallest absolute Gasteiger partial charge is 0.325 e. The van der Waals surface area contributed by atoms with Crippen molar-refractivity contribution < 1.29 is 18.8 Å². The van der Waals surface area contributed by atoms with E-state index in [0.29, 0.717) is 24.3 Å². The van der Waals surface area contributed by atoms with E-state index in [1.165, 1.54) is 0 Å². The van der Waals surface area contributed by atoms with Gasteiger partial charge in [0.2, 0.25) is 17.8 Å². The van der Waals surface area contributed by atoms with Crippen LogP contribution in [0.5, 0.6) is 0 Å². The Kier molecular flexibility index (Phi) is 8.94. The van der Waals surface area contributed by atoms with Crippen LogP contribution < -0.4 is 20.9 Å². The zero-order valence-electron chi connectivity index (χ0n) is 24.5. The van der Waals surface area contributed by atoms with Crippen LogP contribution in [0.1, 0.15) is 37.9 Å². The molecule has 222 valence electrons. The molecule has 2 aliphatic rings. The Bertz CT molecular complexity index is 1460. The Balaban J connectivity index is 1.36. The Morgan fingerprint density at radius 2 is 1.67 bits per heavy atom. The summed E-state index contributed by atoms with van der Waals surface area (Å²) in [5, 5.41) is 9.73. The van der Waals surface area contributed by atoms with Crippen LogP contribution in [0.4, 0.5) is 21.9 Å². The number of benzene rings is 2. The summed E-state index contributed by atoms with van der Waals surface area (Å²) >= 11 is 0. The maximum atomic E-state index is 13.6. The van der Waals surface area contributed by atoms with Gasteiger partial charge in [-0.15, -0.1) is 0 Å². The number of nitrogens with zero attached hydrogens (tertiary/aromatic N) is 4. The standard InChI is InChI=1S/C31H39N7O4/c1-21-18-22-19-24(11-14-27(22)42-21)32-30(35-31(41)33-23-9-12-25(13-10-23)36(2)3)34-26-8-4-5-17-38(29(26)40)20-28(39)37-15-6-7-16-37/h9-14,18-19,26H,4-8,15-17,20H2,1-3H3,(H3,32,33,34,35,41)/t26-/m0/s1. The van der Waals surface area contributed by atoms with E-state index in [2.05, 4.69) is 16.0 Å². The molecule has 2 saturated heterocycles. The Morgan fingerprint density at radius 3 is 2.40 bits per heavy atom. The van der Waals surface area contributed by atoms with Crippen LogP contribution in [-0.2, 0) is 9.59 Å². The van der Waals surface area contributed by atoms with Gasteiger partial charge in [0.05, 0.1) is 6.54 Å². The summed E-state index contributed by atoms with van der Waals surface area (Å²) in [5.41, 5.74) is 3.06. The molecule has 0 unspecified atom stereocenters. The molecule has 2 fully saturated rings. The molecule has 0 radical (unpaired) electrons. The molecule has 3 N–H and O–H groups in total. The van der Waals surface area contributed by atoms with E-state index < -0.39 is 12.1 Å². The van der Waals surface area contributed by atoms with Crippen LogP contribution in [0, 0.1) is 6.92 Å². The number of hydrogen-bond acceptors (Lipinski definition) is 6. The van der Waals surface area contributed by atoms with Gasteiger partial charge in [0, 0.05) is 56.2 Å². The highest BCUT2D eigenvalue weighted by Gasteiger charge is 2.30. The van der Waals surface area contributed by atoms with Gasteiger partial charge in [-0.25, -0.2) is 9.79 Å². The number of urea groups is 1. The molecular weight excluding hydrogens is 534 g/mol. The number of likely N-dealkylation sites (tertiary alicyclic amines) is 2. The number of nitrogens with one attached hydrogen (secondary N) is 3. The van der Waals surface area contributed by atoms with Gasteiger partial charge in [-0.05, 0) is 87.6 Å². The summed E-state index contributed by atoms with van der Waals surface area (Å²) in [6.07, 6.45) is 4.10. The zero-order valence-corrected chi connectivity index (χ0v) is 24.5. The van der Waals surface area contributed by atoms with Crippen molar-refractivity contribution in [2.45, 2.75) is 45.1 Å². The van der Waals surface area contributed by atoms with Gasteiger partial charge in [-0.3, -0.25) is 14.9 Å². The van der Waals surface area contributed by atoms with Gasteiger partial charge >= 0.3 is 6.03 Å². The molecule has 0 bridgehead atoms. The van der Waals surface area contributed by atoms with Crippen molar-refractivity contribution >= 4 is 51.8 Å². The Morgan fingerprint density at radius 1 is 0.952 bits per heavy atom. The summed E-state index contributed by atoms with van der Waals surface area (Å²) < 4.78 is 5.69. The summed E-state index contributed by atoms with van der Waals surface area (Å²) in [5.74, 6) is 0.705. The molecule has 1 aromatic heterocycles. The third-order valence-corrected chi connectivity index (χ3v) is 7.60. The lowest BCUT2D eigenvalue weighted by molar-refractivity contribution is -0.140. The lowest BCUT2D eigenvalue weighted by atomic mass is 10.1. The van der Waals surface area contributed by atoms with Gasteiger partial charge in [0.15, 0.2) is 0 Å². The molecule has 1 atom stereocenters. The lowest BCUT2D eigenvalue weighted by Crippen LogP contribution is -2.46. The SMILES string of the molecule is Cc1cc2cc(NC(=N[C@H]3CCCCN(CC(=O)N4CCCC4)C3=O)NC(=O)Nc3ccc(N(C)C)cc3)ccc2o1. The highest BCUT2D eigenvalue weighted by Crippen LogP contribution is 2.23. The quantitative estimate of drug-likeness (QED) is 0.297. The maximum absolute atomic E-state index is 13.6. The number of guanidine groups is 1. The number of hydrogen-bond donors (Lipinski definition) is 3. The minimum Gasteiger partial charge on any atom is -0.461 e. The molecule has 42 heavy (non-hydrogen) atoms. The molecule has 0 saturated carbocycles. The number of rotatable bonds is 6. The fraction of sp³-hybridized carbons (Fsp3) is 0.419. The van der Waals surface area contributed by atoms with Crippen molar-refractivity contribution in [2.75, 3.05) is 55.8 Å². The molecule has 11 heteroatoms. The van der Waals surface area contributed by atoms with Crippen LogP contribution >= 0.6 is 0 Å². The van der Waals surface area contributed by atoms with Crippen LogP contribution in [0.15, 0.2) is 57.9 Å². The van der Waals surface area contributed by atoms with Gasteiger partial charge < -0.3 is 29.8 Å². The van der Waals surface area contributed by atoms with E-state index >= 15 is 0 Å². The van der Waals surface area contributed by atoms with Gasteiger partial charge in [0.25, 0.3) is 0 Å². The number of amides is 4. The van der Waals surface area contributed by atoms with E-state index in [4.69, 9.17) is 9.41 Å². The first-order valence-corrected chi connectivity index (χ1v) is 14.5. The molecule has 2 aromatic carbocycles. The minimum atomic E-state index is -0.735. The third kappa shape index (κ3) is 7.20. The van der Waals surface area contributed by atoms with Crippen molar-refractivity contribution in [1.29, 1.82) is 0 Å². The van der Waals surface area contributed by atoms with Gasteiger partial charge in [0.1, 0.15) is 17.4 Å². The number of furan rings is 1. The van der Waals surface area contributed by atoms with E-state index in [9.17, 15) is 14.4 Å². The number of anilines is 3. The maximum Gasteiger partial charge on any atom is 0.325 e. The predicted octanol–water partition coefficient (Wildman–Crippen LogP) is 4.40.